The fourth-order valence-electron chi connectivity index (χ4n) is 2.12. The van der Waals surface area contributed by atoms with Crippen LogP contribution in [0.1, 0.15) is 19.4 Å². The number of hydrogen-bond acceptors (Lipinski definition) is 3. The zero-order valence-corrected chi connectivity index (χ0v) is 18.2. The largest absolute Gasteiger partial charge is 0.293 e. The fraction of sp³-hybridized carbons (Fsp3) is 0.333. The number of allylic oxidation sites excluding steroid dienone is 2. The van der Waals surface area contributed by atoms with Gasteiger partial charge in [0.25, 0.3) is 10.0 Å². The van der Waals surface area contributed by atoms with Crippen molar-refractivity contribution >= 4 is 69.3 Å². The number of nitrogens with zero attached hydrogens (tertiary/aromatic N) is 1. The molecule has 0 N–H and O–H groups in total. The Morgan fingerprint density at radius 3 is 2.22 bits per heavy atom. The molecule has 0 saturated heterocycles. The van der Waals surface area contributed by atoms with Crippen LogP contribution in [0.3, 0.4) is 0 Å². The fourth-order valence-corrected chi connectivity index (χ4v) is 5.27. The third kappa shape index (κ3) is 3.55. The van der Waals surface area contributed by atoms with Crippen LogP contribution in [0.15, 0.2) is 43.6 Å². The zero-order valence-electron chi connectivity index (χ0n) is 12.6. The Kier molecular flexibility index (Phi) is 5.41. The number of Topliss-reactive ketones (excluding diaryl/α,β-unsaturated/α-hetero) is 1. The predicted octanol–water partition coefficient (Wildman–Crippen LogP) is 4.29. The number of benzene rings is 1. The van der Waals surface area contributed by atoms with Crippen LogP contribution in [0, 0.1) is 6.92 Å². The number of alkyl halides is 2. The number of rotatable bonds is 2. The molecule has 0 saturated carbocycles. The molecule has 2 atom stereocenters. The summed E-state index contributed by atoms with van der Waals surface area (Å²) in [6.07, 6.45) is 0. The maximum atomic E-state index is 12.6. The van der Waals surface area contributed by atoms with Crippen molar-refractivity contribution in [3.05, 3.63) is 39.9 Å². The standard InChI is InChI=1S/C15H14Br3NO3S/c1-8-4-6-10(7-5-8)23(21,22)19-12-11(16)9(2)14(20)15(3,18)13(12)17/h4-7,13H,1-3H3. The monoisotopic (exact) mass is 525 g/mol. The first-order chi connectivity index (χ1) is 10.5. The molecule has 8 heteroatoms. The van der Waals surface area contributed by atoms with Crippen molar-refractivity contribution in [1.82, 2.24) is 0 Å². The molecule has 0 aromatic heterocycles. The van der Waals surface area contributed by atoms with E-state index in [9.17, 15) is 13.2 Å². The van der Waals surface area contributed by atoms with Gasteiger partial charge in [0.05, 0.1) is 15.4 Å². The minimum atomic E-state index is -3.87. The third-order valence-electron chi connectivity index (χ3n) is 3.59. The first kappa shape index (κ1) is 19.0. The van der Waals surface area contributed by atoms with Crippen LogP contribution in [0.4, 0.5) is 0 Å². The second kappa shape index (κ2) is 6.54. The first-order valence-corrected chi connectivity index (χ1v) is 10.6. The molecule has 2 unspecified atom stereocenters. The van der Waals surface area contributed by atoms with E-state index in [4.69, 9.17) is 0 Å². The molecule has 0 heterocycles. The highest BCUT2D eigenvalue weighted by Crippen LogP contribution is 2.41. The second-order valence-electron chi connectivity index (χ2n) is 5.47. The number of carbonyl (C=O) groups excluding carboxylic acids is 1. The molecule has 124 valence electrons. The van der Waals surface area contributed by atoms with Crippen molar-refractivity contribution in [3.63, 3.8) is 0 Å². The summed E-state index contributed by atoms with van der Waals surface area (Å²) in [6.45, 7) is 5.20. The van der Waals surface area contributed by atoms with Crippen LogP contribution in [-0.2, 0) is 14.8 Å². The summed E-state index contributed by atoms with van der Waals surface area (Å²) in [5.74, 6) is -0.127. The van der Waals surface area contributed by atoms with Gasteiger partial charge in [-0.15, -0.1) is 0 Å². The quantitative estimate of drug-likeness (QED) is 0.539. The van der Waals surface area contributed by atoms with E-state index in [1.165, 1.54) is 12.1 Å². The zero-order chi connectivity index (χ0) is 17.6. The third-order valence-corrected chi connectivity index (χ3v) is 8.68. The van der Waals surface area contributed by atoms with Gasteiger partial charge in [-0.25, -0.2) is 0 Å². The molecule has 0 fully saturated rings. The lowest BCUT2D eigenvalue weighted by Gasteiger charge is -2.33. The van der Waals surface area contributed by atoms with E-state index < -0.39 is 19.2 Å². The maximum absolute atomic E-state index is 12.6. The minimum absolute atomic E-state index is 0.112. The average Bonchev–Trinajstić information content (AvgIpc) is 2.49. The van der Waals surface area contributed by atoms with E-state index in [-0.39, 0.29) is 16.4 Å². The molecule has 0 spiro atoms. The Hall–Kier alpha value is -0.310. The van der Waals surface area contributed by atoms with Gasteiger partial charge in [-0.3, -0.25) is 4.79 Å². The van der Waals surface area contributed by atoms with Crippen molar-refractivity contribution in [2.45, 2.75) is 34.8 Å². The van der Waals surface area contributed by atoms with Crippen LogP contribution in [-0.4, -0.2) is 29.1 Å². The number of sulfonamides is 1. The molecule has 1 aromatic carbocycles. The molecule has 0 amide bonds. The van der Waals surface area contributed by atoms with Crippen molar-refractivity contribution < 1.29 is 13.2 Å². The highest BCUT2D eigenvalue weighted by molar-refractivity contribution is 9.13. The van der Waals surface area contributed by atoms with Crippen LogP contribution in [0.25, 0.3) is 0 Å². The number of carbonyl (C=O) groups is 1. The van der Waals surface area contributed by atoms with Gasteiger partial charge in [-0.2, -0.15) is 12.8 Å². The molecule has 4 nitrogen and oxygen atoms in total. The molecule has 1 aromatic rings. The summed E-state index contributed by atoms with van der Waals surface area (Å²) in [4.78, 5) is 11.8. The van der Waals surface area contributed by atoms with Gasteiger partial charge >= 0.3 is 0 Å². The Balaban J connectivity index is 2.61. The van der Waals surface area contributed by atoms with Gasteiger partial charge in [-0.1, -0.05) is 49.6 Å². The van der Waals surface area contributed by atoms with Gasteiger partial charge in [0.1, 0.15) is 4.32 Å². The maximum Gasteiger partial charge on any atom is 0.282 e. The van der Waals surface area contributed by atoms with Gasteiger partial charge in [0.15, 0.2) is 5.78 Å². The van der Waals surface area contributed by atoms with Gasteiger partial charge in [0.2, 0.25) is 0 Å². The summed E-state index contributed by atoms with van der Waals surface area (Å²) >= 11 is 10.1. The molecular weight excluding hydrogens is 514 g/mol. The normalized spacial score (nSPS) is 27.7. The average molecular weight is 528 g/mol. The molecule has 0 bridgehead atoms. The first-order valence-electron chi connectivity index (χ1n) is 6.64. The van der Waals surface area contributed by atoms with E-state index in [0.717, 1.165) is 5.56 Å². The predicted molar refractivity (Wildman–Crippen MR) is 102 cm³/mol. The van der Waals surface area contributed by atoms with Crippen LogP contribution < -0.4 is 0 Å². The Morgan fingerprint density at radius 1 is 1.17 bits per heavy atom. The molecule has 0 radical (unpaired) electrons. The molecule has 1 aliphatic carbocycles. The van der Waals surface area contributed by atoms with E-state index in [2.05, 4.69) is 52.2 Å². The summed E-state index contributed by atoms with van der Waals surface area (Å²) in [6, 6.07) is 6.47. The molecule has 2 rings (SSSR count). The summed E-state index contributed by atoms with van der Waals surface area (Å²) in [5, 5.41) is 0. The van der Waals surface area contributed by atoms with E-state index in [0.29, 0.717) is 10.1 Å². The second-order valence-corrected chi connectivity index (χ2v) is 10.4. The van der Waals surface area contributed by atoms with E-state index in [1.54, 1.807) is 26.0 Å². The number of halogens is 3. The topological polar surface area (TPSA) is 63.6 Å². The Labute approximate surface area is 160 Å². The summed E-state index contributed by atoms with van der Waals surface area (Å²) in [7, 11) is -3.87. The van der Waals surface area contributed by atoms with E-state index >= 15 is 0 Å². The van der Waals surface area contributed by atoms with Crippen molar-refractivity contribution in [1.29, 1.82) is 0 Å². The Bertz CT molecular complexity index is 824. The van der Waals surface area contributed by atoms with Gasteiger partial charge in [0, 0.05) is 10.1 Å². The smallest absolute Gasteiger partial charge is 0.282 e. The van der Waals surface area contributed by atoms with E-state index in [1.807, 2.05) is 6.92 Å². The number of ketones is 1. The lowest BCUT2D eigenvalue weighted by atomic mass is 9.88. The molecule has 23 heavy (non-hydrogen) atoms. The lowest BCUT2D eigenvalue weighted by molar-refractivity contribution is -0.117. The van der Waals surface area contributed by atoms with Crippen LogP contribution in [0.2, 0.25) is 0 Å². The van der Waals surface area contributed by atoms with Gasteiger partial charge < -0.3 is 0 Å². The van der Waals surface area contributed by atoms with Gasteiger partial charge in [-0.05, 0) is 48.8 Å². The SMILES string of the molecule is CC1=C(Br)C(=NS(=O)(=O)c2ccc(C)cc2)C(Br)C(C)(Br)C1=O. The number of hydrogen-bond donors (Lipinski definition) is 0. The van der Waals surface area contributed by atoms with Crippen molar-refractivity contribution in [2.75, 3.05) is 0 Å². The Morgan fingerprint density at radius 2 is 1.70 bits per heavy atom. The van der Waals surface area contributed by atoms with Crippen LogP contribution >= 0.6 is 47.8 Å². The van der Waals surface area contributed by atoms with Crippen molar-refractivity contribution in [2.24, 2.45) is 4.40 Å². The minimum Gasteiger partial charge on any atom is -0.293 e. The molecule has 0 aliphatic heterocycles. The lowest BCUT2D eigenvalue weighted by Crippen LogP contribution is -2.47. The van der Waals surface area contributed by atoms with Crippen LogP contribution in [0.5, 0.6) is 0 Å². The summed E-state index contributed by atoms with van der Waals surface area (Å²) in [5.41, 5.74) is 1.66. The summed E-state index contributed by atoms with van der Waals surface area (Å²) < 4.78 is 28.5. The highest BCUT2D eigenvalue weighted by atomic mass is 79.9. The van der Waals surface area contributed by atoms with Crippen molar-refractivity contribution in [3.8, 4) is 0 Å². The highest BCUT2D eigenvalue weighted by Gasteiger charge is 2.46. The molecular formula is C15H14Br3NO3S. The number of aryl methyl sites for hydroxylation is 1. The molecule has 1 aliphatic rings.